The van der Waals surface area contributed by atoms with Crippen molar-refractivity contribution in [3.05, 3.63) is 47.6 Å². The van der Waals surface area contributed by atoms with Crippen LogP contribution in [0.25, 0.3) is 10.9 Å². The minimum absolute atomic E-state index is 0.297. The molecule has 142 valence electrons. The molecule has 1 unspecified atom stereocenters. The molecule has 5 nitrogen and oxygen atoms in total. The number of likely N-dealkylation sites (tertiary alicyclic amines) is 1. The maximum absolute atomic E-state index is 6.45. The molecule has 27 heavy (non-hydrogen) atoms. The average Bonchev–Trinajstić information content (AvgIpc) is 3.45. The molecule has 2 aliphatic rings. The number of nitrogens with zero attached hydrogens (tertiary/aromatic N) is 3. The smallest absolute Gasteiger partial charge is 0.129 e. The molecule has 1 aromatic carbocycles. The molecule has 2 fully saturated rings. The second-order valence-electron chi connectivity index (χ2n) is 7.56. The predicted octanol–water partition coefficient (Wildman–Crippen LogP) is 4.10. The summed E-state index contributed by atoms with van der Waals surface area (Å²) in [5.41, 5.74) is 2.58. The minimum atomic E-state index is 0.297. The van der Waals surface area contributed by atoms with Gasteiger partial charge in [-0.05, 0) is 54.6 Å². The van der Waals surface area contributed by atoms with Crippen LogP contribution in [0.2, 0.25) is 0 Å². The zero-order valence-electron chi connectivity index (χ0n) is 15.4. The molecule has 0 aliphatic carbocycles. The lowest BCUT2D eigenvalue weighted by atomic mass is 10.1. The van der Waals surface area contributed by atoms with E-state index in [1.54, 1.807) is 0 Å². The van der Waals surface area contributed by atoms with Gasteiger partial charge in [0, 0.05) is 49.4 Å². The van der Waals surface area contributed by atoms with Crippen molar-refractivity contribution in [2.24, 2.45) is 0 Å². The average molecular weight is 384 g/mol. The van der Waals surface area contributed by atoms with Crippen LogP contribution in [-0.2, 0) is 11.3 Å². The van der Waals surface area contributed by atoms with Crippen LogP contribution in [0.4, 0.5) is 0 Å². The molecule has 0 radical (unpaired) electrons. The van der Waals surface area contributed by atoms with E-state index in [9.17, 15) is 0 Å². The molecule has 0 amide bonds. The number of aromatic nitrogens is 2. The Balaban J connectivity index is 1.25. The van der Waals surface area contributed by atoms with E-state index in [-0.39, 0.29) is 0 Å². The molecule has 0 bridgehead atoms. The highest BCUT2D eigenvalue weighted by molar-refractivity contribution is 7.03. The maximum atomic E-state index is 6.45. The molecule has 2 saturated heterocycles. The Bertz CT molecular complexity index is 878. The third-order valence-electron chi connectivity index (χ3n) is 5.74. The van der Waals surface area contributed by atoms with E-state index in [4.69, 9.17) is 9.47 Å². The summed E-state index contributed by atoms with van der Waals surface area (Å²) in [6.07, 6.45) is 7.71. The van der Waals surface area contributed by atoms with E-state index in [0.717, 1.165) is 57.9 Å². The number of piperidine rings is 1. The first kappa shape index (κ1) is 17.2. The van der Waals surface area contributed by atoms with Crippen LogP contribution >= 0.6 is 11.5 Å². The number of ether oxygens (including phenoxy) is 2. The molecule has 5 rings (SSSR count). The van der Waals surface area contributed by atoms with Gasteiger partial charge in [-0.3, -0.25) is 4.90 Å². The Hall–Kier alpha value is -1.89. The number of hydrogen-bond donors (Lipinski definition) is 0. The van der Waals surface area contributed by atoms with Crippen molar-refractivity contribution >= 4 is 22.4 Å². The van der Waals surface area contributed by atoms with Gasteiger partial charge in [0.2, 0.25) is 0 Å². The van der Waals surface area contributed by atoms with Gasteiger partial charge in [-0.1, -0.05) is 6.07 Å². The fourth-order valence-electron chi connectivity index (χ4n) is 4.25. The number of benzene rings is 1. The van der Waals surface area contributed by atoms with Gasteiger partial charge < -0.3 is 14.0 Å². The summed E-state index contributed by atoms with van der Waals surface area (Å²) >= 11 is 1.53. The lowest BCUT2D eigenvalue weighted by molar-refractivity contribution is 0.0980. The highest BCUT2D eigenvalue weighted by Gasteiger charge is 2.23. The largest absolute Gasteiger partial charge is 0.490 e. The van der Waals surface area contributed by atoms with Crippen molar-refractivity contribution in [2.75, 3.05) is 26.3 Å². The Kier molecular flexibility index (Phi) is 4.86. The minimum Gasteiger partial charge on any atom is -0.490 e. The summed E-state index contributed by atoms with van der Waals surface area (Å²) < 4.78 is 18.6. The van der Waals surface area contributed by atoms with Crippen LogP contribution in [0.3, 0.4) is 0 Å². The van der Waals surface area contributed by atoms with Gasteiger partial charge in [0.1, 0.15) is 11.9 Å². The molecule has 3 aromatic rings. The summed E-state index contributed by atoms with van der Waals surface area (Å²) in [7, 11) is 0. The van der Waals surface area contributed by atoms with Crippen LogP contribution < -0.4 is 4.74 Å². The summed E-state index contributed by atoms with van der Waals surface area (Å²) in [5, 5.41) is 3.36. The second-order valence-corrected chi connectivity index (χ2v) is 8.21. The zero-order valence-corrected chi connectivity index (χ0v) is 16.2. The van der Waals surface area contributed by atoms with E-state index in [2.05, 4.69) is 49.7 Å². The fraction of sp³-hybridized carbons (Fsp3) is 0.476. The van der Waals surface area contributed by atoms with Crippen LogP contribution in [0.5, 0.6) is 5.75 Å². The molecule has 0 saturated carbocycles. The van der Waals surface area contributed by atoms with Crippen LogP contribution in [0, 0.1) is 0 Å². The number of fused-ring (bicyclic) bond motifs is 1. The standard InChI is InChI=1S/C21H25N3O2S/c1-2-20-19(6-10-24(20)17-7-11-25-14-17)21(3-1)26-18-4-8-23(9-5-18)13-16-12-22-27-15-16/h1-3,6,10,12,15,17-18H,4-5,7-9,11,13-14H2. The van der Waals surface area contributed by atoms with E-state index in [1.165, 1.54) is 28.0 Å². The monoisotopic (exact) mass is 383 g/mol. The van der Waals surface area contributed by atoms with Gasteiger partial charge in [-0.15, -0.1) is 0 Å². The zero-order chi connectivity index (χ0) is 18.1. The molecule has 0 spiro atoms. The molecule has 2 aliphatic heterocycles. The first-order chi connectivity index (χ1) is 13.4. The third-order valence-corrected chi connectivity index (χ3v) is 6.38. The summed E-state index contributed by atoms with van der Waals surface area (Å²) in [4.78, 5) is 2.50. The van der Waals surface area contributed by atoms with Crippen molar-refractivity contribution < 1.29 is 9.47 Å². The summed E-state index contributed by atoms with van der Waals surface area (Å²) in [6, 6.07) is 9.07. The van der Waals surface area contributed by atoms with E-state index >= 15 is 0 Å². The van der Waals surface area contributed by atoms with Crippen molar-refractivity contribution in [3.63, 3.8) is 0 Å². The Morgan fingerprint density at radius 3 is 2.89 bits per heavy atom. The molecular weight excluding hydrogens is 358 g/mol. The molecule has 0 N–H and O–H groups in total. The Labute approximate surface area is 163 Å². The molecule has 6 heteroatoms. The molecule has 4 heterocycles. The van der Waals surface area contributed by atoms with Gasteiger partial charge in [0.15, 0.2) is 0 Å². The topological polar surface area (TPSA) is 39.5 Å². The van der Waals surface area contributed by atoms with Crippen molar-refractivity contribution in [3.8, 4) is 5.75 Å². The first-order valence-electron chi connectivity index (χ1n) is 9.81. The maximum Gasteiger partial charge on any atom is 0.129 e. The van der Waals surface area contributed by atoms with E-state index < -0.39 is 0 Å². The summed E-state index contributed by atoms with van der Waals surface area (Å²) in [6.45, 7) is 4.84. The van der Waals surface area contributed by atoms with E-state index in [0.29, 0.717) is 12.1 Å². The van der Waals surface area contributed by atoms with Crippen LogP contribution in [0.1, 0.15) is 30.9 Å². The highest BCUT2D eigenvalue weighted by atomic mass is 32.1. The first-order valence-corrected chi connectivity index (χ1v) is 10.6. The Morgan fingerprint density at radius 1 is 1.19 bits per heavy atom. The van der Waals surface area contributed by atoms with Gasteiger partial charge >= 0.3 is 0 Å². The normalized spacial score (nSPS) is 21.9. The van der Waals surface area contributed by atoms with Crippen molar-refractivity contribution in [1.29, 1.82) is 0 Å². The SMILES string of the molecule is c1cc(OC2CCN(Cc3cnsc3)CC2)c2ccn(C3CCOC3)c2c1. The van der Waals surface area contributed by atoms with E-state index in [1.807, 2.05) is 6.20 Å². The van der Waals surface area contributed by atoms with Gasteiger partial charge in [0.25, 0.3) is 0 Å². The third kappa shape index (κ3) is 3.61. The Morgan fingerprint density at radius 2 is 2.11 bits per heavy atom. The van der Waals surface area contributed by atoms with Gasteiger partial charge in [0.05, 0.1) is 18.2 Å². The molecule has 1 atom stereocenters. The molecule has 2 aromatic heterocycles. The van der Waals surface area contributed by atoms with Crippen LogP contribution in [-0.4, -0.2) is 46.2 Å². The van der Waals surface area contributed by atoms with Crippen molar-refractivity contribution in [2.45, 2.75) is 38.0 Å². The van der Waals surface area contributed by atoms with Gasteiger partial charge in [-0.25, -0.2) is 4.37 Å². The van der Waals surface area contributed by atoms with Crippen molar-refractivity contribution in [1.82, 2.24) is 13.8 Å². The second kappa shape index (κ2) is 7.62. The lowest BCUT2D eigenvalue weighted by Crippen LogP contribution is -2.37. The van der Waals surface area contributed by atoms with Crippen LogP contribution in [0.15, 0.2) is 42.0 Å². The predicted molar refractivity (Wildman–Crippen MR) is 107 cm³/mol. The summed E-state index contributed by atoms with van der Waals surface area (Å²) in [5.74, 6) is 1.02. The van der Waals surface area contributed by atoms with Gasteiger partial charge in [-0.2, -0.15) is 0 Å². The fourth-order valence-corrected chi connectivity index (χ4v) is 4.78. The number of rotatable bonds is 5. The molecular formula is C21H25N3O2S. The highest BCUT2D eigenvalue weighted by Crippen LogP contribution is 2.32. The number of hydrogen-bond acceptors (Lipinski definition) is 5. The quantitative estimate of drug-likeness (QED) is 0.665. The lowest BCUT2D eigenvalue weighted by Gasteiger charge is -2.32.